The summed E-state index contributed by atoms with van der Waals surface area (Å²) in [6.07, 6.45) is 3.63. The molecule has 0 amide bonds. The first kappa shape index (κ1) is 11.9. The van der Waals surface area contributed by atoms with Gasteiger partial charge in [0.1, 0.15) is 5.60 Å². The Kier molecular flexibility index (Phi) is 2.28. The maximum absolute atomic E-state index is 6.36. The highest BCUT2D eigenvalue weighted by molar-refractivity contribution is 5.17. The summed E-state index contributed by atoms with van der Waals surface area (Å²) >= 11 is 0. The lowest BCUT2D eigenvalue weighted by molar-refractivity contribution is -0.230. The Morgan fingerprint density at radius 2 is 1.88 bits per heavy atom. The molecule has 3 heteroatoms. The monoisotopic (exact) mass is 239 g/mol. The third-order valence-electron chi connectivity index (χ3n) is 5.50. The first-order chi connectivity index (χ1) is 7.82. The van der Waals surface area contributed by atoms with E-state index in [2.05, 4.69) is 13.8 Å². The summed E-state index contributed by atoms with van der Waals surface area (Å²) in [4.78, 5) is 0. The van der Waals surface area contributed by atoms with Gasteiger partial charge in [-0.05, 0) is 56.9 Å². The van der Waals surface area contributed by atoms with Gasteiger partial charge in [0.2, 0.25) is 0 Å². The van der Waals surface area contributed by atoms with E-state index in [1.54, 1.807) is 0 Å². The Bertz CT molecular complexity index is 339. The van der Waals surface area contributed by atoms with Crippen molar-refractivity contribution in [1.82, 2.24) is 0 Å². The predicted octanol–water partition coefficient (Wildman–Crippen LogP) is 2.29. The number of ether oxygens (including phenoxy) is 2. The summed E-state index contributed by atoms with van der Waals surface area (Å²) in [7, 11) is 0. The normalized spacial score (nSPS) is 49.6. The Morgan fingerprint density at radius 1 is 1.18 bits per heavy atom. The van der Waals surface area contributed by atoms with Crippen LogP contribution in [0.15, 0.2) is 0 Å². The fraction of sp³-hybridized carbons (Fsp3) is 1.00. The molecule has 2 N–H and O–H groups in total. The van der Waals surface area contributed by atoms with E-state index >= 15 is 0 Å². The second kappa shape index (κ2) is 3.25. The molecular weight excluding hydrogens is 214 g/mol. The molecule has 98 valence electrons. The topological polar surface area (TPSA) is 44.5 Å². The first-order valence-electron chi connectivity index (χ1n) is 6.90. The molecule has 2 bridgehead atoms. The minimum Gasteiger partial charge on any atom is -0.344 e. The zero-order valence-electron chi connectivity index (χ0n) is 11.5. The van der Waals surface area contributed by atoms with E-state index in [4.69, 9.17) is 15.2 Å². The zero-order valence-corrected chi connectivity index (χ0v) is 11.5. The van der Waals surface area contributed by atoms with Gasteiger partial charge in [0.05, 0.1) is 6.10 Å². The highest BCUT2D eigenvalue weighted by Gasteiger charge is 2.70. The van der Waals surface area contributed by atoms with E-state index in [1.807, 2.05) is 13.8 Å². The highest BCUT2D eigenvalue weighted by Crippen LogP contribution is 2.67. The molecule has 0 unspecified atom stereocenters. The van der Waals surface area contributed by atoms with Gasteiger partial charge >= 0.3 is 0 Å². The van der Waals surface area contributed by atoms with Crippen molar-refractivity contribution in [3.8, 4) is 0 Å². The zero-order chi connectivity index (χ0) is 12.5. The van der Waals surface area contributed by atoms with Crippen LogP contribution in [-0.2, 0) is 9.47 Å². The van der Waals surface area contributed by atoms with E-state index in [9.17, 15) is 0 Å². The van der Waals surface area contributed by atoms with E-state index < -0.39 is 5.79 Å². The van der Waals surface area contributed by atoms with Crippen molar-refractivity contribution >= 4 is 0 Å². The number of hydrogen-bond acceptors (Lipinski definition) is 3. The van der Waals surface area contributed by atoms with Crippen LogP contribution in [0.2, 0.25) is 0 Å². The van der Waals surface area contributed by atoms with Crippen LogP contribution >= 0.6 is 0 Å². The summed E-state index contributed by atoms with van der Waals surface area (Å²) in [5, 5.41) is 0. The molecule has 0 spiro atoms. The fourth-order valence-electron chi connectivity index (χ4n) is 4.65. The van der Waals surface area contributed by atoms with Crippen LogP contribution in [0.5, 0.6) is 0 Å². The standard InChI is InChI=1S/C14H25NO2/c1-12(2)9-7-10(12)14(5-6-15)11(8-9)16-13(3,4)17-14/h9-11H,5-8,15H2,1-4H3/t9-,10-,11-,14+/m0/s1. The van der Waals surface area contributed by atoms with Crippen LogP contribution in [0.25, 0.3) is 0 Å². The summed E-state index contributed by atoms with van der Waals surface area (Å²) in [5.74, 6) is 0.984. The second-order valence-corrected chi connectivity index (χ2v) is 7.14. The average Bonchev–Trinajstić information content (AvgIpc) is 2.47. The third kappa shape index (κ3) is 1.39. The molecular formula is C14H25NO2. The molecule has 4 aliphatic rings. The molecule has 17 heavy (non-hydrogen) atoms. The van der Waals surface area contributed by atoms with Crippen molar-refractivity contribution < 1.29 is 9.47 Å². The molecule has 1 saturated heterocycles. The van der Waals surface area contributed by atoms with Crippen LogP contribution in [0.4, 0.5) is 0 Å². The first-order valence-corrected chi connectivity index (χ1v) is 6.90. The molecule has 3 aliphatic carbocycles. The smallest absolute Gasteiger partial charge is 0.164 e. The van der Waals surface area contributed by atoms with Gasteiger partial charge in [-0.25, -0.2) is 0 Å². The molecule has 1 heterocycles. The maximum Gasteiger partial charge on any atom is 0.164 e. The third-order valence-corrected chi connectivity index (χ3v) is 5.50. The average molecular weight is 239 g/mol. The van der Waals surface area contributed by atoms with E-state index in [0.29, 0.717) is 17.9 Å². The van der Waals surface area contributed by atoms with Crippen LogP contribution < -0.4 is 5.73 Å². The van der Waals surface area contributed by atoms with Crippen LogP contribution in [0.1, 0.15) is 47.0 Å². The van der Waals surface area contributed by atoms with Crippen molar-refractivity contribution in [3.63, 3.8) is 0 Å². The molecule has 3 saturated carbocycles. The summed E-state index contributed by atoms with van der Waals surface area (Å²) in [5.41, 5.74) is 6.11. The number of nitrogens with two attached hydrogens (primary N) is 1. The van der Waals surface area contributed by atoms with E-state index in [0.717, 1.165) is 18.8 Å². The van der Waals surface area contributed by atoms with E-state index in [-0.39, 0.29) is 11.7 Å². The molecule has 4 rings (SSSR count). The van der Waals surface area contributed by atoms with Gasteiger partial charge in [0, 0.05) is 0 Å². The summed E-state index contributed by atoms with van der Waals surface area (Å²) in [6, 6.07) is 0. The van der Waals surface area contributed by atoms with Gasteiger partial charge in [-0.1, -0.05) is 13.8 Å². The Morgan fingerprint density at radius 3 is 2.47 bits per heavy atom. The van der Waals surface area contributed by atoms with Crippen molar-refractivity contribution in [2.45, 2.75) is 64.4 Å². The molecule has 0 aromatic carbocycles. The minimum absolute atomic E-state index is 0.115. The summed E-state index contributed by atoms with van der Waals surface area (Å²) < 4.78 is 12.5. The van der Waals surface area contributed by atoms with Gasteiger partial charge < -0.3 is 15.2 Å². The predicted molar refractivity (Wildman–Crippen MR) is 66.4 cm³/mol. The molecule has 0 radical (unpaired) electrons. The van der Waals surface area contributed by atoms with Gasteiger partial charge in [-0.3, -0.25) is 0 Å². The maximum atomic E-state index is 6.36. The van der Waals surface area contributed by atoms with Gasteiger partial charge in [-0.2, -0.15) is 0 Å². The van der Waals surface area contributed by atoms with Crippen molar-refractivity contribution in [3.05, 3.63) is 0 Å². The van der Waals surface area contributed by atoms with Crippen molar-refractivity contribution in [2.24, 2.45) is 23.0 Å². The Balaban J connectivity index is 1.96. The molecule has 0 aromatic heterocycles. The second-order valence-electron chi connectivity index (χ2n) is 7.14. The largest absolute Gasteiger partial charge is 0.344 e. The highest BCUT2D eigenvalue weighted by atomic mass is 16.8. The van der Waals surface area contributed by atoms with Crippen molar-refractivity contribution in [1.29, 1.82) is 0 Å². The van der Waals surface area contributed by atoms with Crippen LogP contribution in [0, 0.1) is 17.3 Å². The molecule has 0 aromatic rings. The molecule has 3 nitrogen and oxygen atoms in total. The van der Waals surface area contributed by atoms with E-state index in [1.165, 1.54) is 6.42 Å². The Labute approximate surface area is 104 Å². The lowest BCUT2D eigenvalue weighted by Gasteiger charge is -2.64. The van der Waals surface area contributed by atoms with Crippen LogP contribution in [-0.4, -0.2) is 24.0 Å². The number of rotatable bonds is 2. The molecule has 1 aliphatic heterocycles. The van der Waals surface area contributed by atoms with Crippen LogP contribution in [0.3, 0.4) is 0 Å². The SMILES string of the molecule is CC1(C)O[C@H]2C[C@@H]3C[C@@H](C3(C)C)[C@@]2(CCN)O1. The number of hydrogen-bond donors (Lipinski definition) is 1. The van der Waals surface area contributed by atoms with Gasteiger partial charge in [-0.15, -0.1) is 0 Å². The van der Waals surface area contributed by atoms with Crippen molar-refractivity contribution in [2.75, 3.05) is 6.54 Å². The lowest BCUT2D eigenvalue weighted by Crippen LogP contribution is -2.67. The Hall–Kier alpha value is -0.120. The quantitative estimate of drug-likeness (QED) is 0.804. The minimum atomic E-state index is -0.437. The summed E-state index contributed by atoms with van der Waals surface area (Å²) in [6.45, 7) is 9.53. The fourth-order valence-corrected chi connectivity index (χ4v) is 4.65. The lowest BCUT2D eigenvalue weighted by atomic mass is 9.43. The molecule has 4 atom stereocenters. The molecule has 4 fully saturated rings. The van der Waals surface area contributed by atoms with Gasteiger partial charge in [0.25, 0.3) is 0 Å². The van der Waals surface area contributed by atoms with Gasteiger partial charge in [0.15, 0.2) is 5.79 Å².